The normalized spacial score (nSPS) is 11.9. The lowest BCUT2D eigenvalue weighted by molar-refractivity contribution is -0.385. The topological polar surface area (TPSA) is 81.5 Å². The van der Waals surface area contributed by atoms with E-state index in [4.69, 9.17) is 4.74 Å². The molecular weight excluding hydrogens is 244 g/mol. The van der Waals surface area contributed by atoms with Crippen molar-refractivity contribution in [3.63, 3.8) is 0 Å². The second kappa shape index (κ2) is 6.19. The molecule has 1 N–H and O–H groups in total. The van der Waals surface area contributed by atoms with E-state index in [0.29, 0.717) is 18.0 Å². The van der Waals surface area contributed by atoms with Gasteiger partial charge < -0.3 is 10.1 Å². The molecule has 0 aliphatic heterocycles. The Morgan fingerprint density at radius 1 is 1.53 bits per heavy atom. The fourth-order valence-corrected chi connectivity index (χ4v) is 1.67. The lowest BCUT2D eigenvalue weighted by atomic mass is 10.2. The number of nitro benzene ring substituents is 1. The predicted molar refractivity (Wildman–Crippen MR) is 67.1 cm³/mol. The molecule has 1 atom stereocenters. The molecular formula is C10H14N2O4S. The maximum atomic E-state index is 10.9. The molecule has 0 saturated heterocycles. The van der Waals surface area contributed by atoms with Crippen molar-refractivity contribution >= 4 is 22.2 Å². The molecule has 0 saturated carbocycles. The average Bonchev–Trinajstić information content (AvgIpc) is 2.28. The molecule has 0 aromatic heterocycles. The highest BCUT2D eigenvalue weighted by Crippen LogP contribution is 2.29. The summed E-state index contributed by atoms with van der Waals surface area (Å²) in [6.45, 7) is 0.546. The molecule has 0 heterocycles. The molecule has 0 aliphatic carbocycles. The zero-order chi connectivity index (χ0) is 12.8. The number of ether oxygens (including phenoxy) is 1. The Hall–Kier alpha value is -1.63. The van der Waals surface area contributed by atoms with Crippen molar-refractivity contribution in [3.8, 4) is 5.75 Å². The van der Waals surface area contributed by atoms with Gasteiger partial charge in [0.05, 0.1) is 12.0 Å². The minimum atomic E-state index is -0.860. The van der Waals surface area contributed by atoms with Crippen LogP contribution in [0.3, 0.4) is 0 Å². The summed E-state index contributed by atoms with van der Waals surface area (Å²) in [4.78, 5) is 10.2. The molecule has 1 unspecified atom stereocenters. The Balaban J connectivity index is 2.75. The van der Waals surface area contributed by atoms with Crippen LogP contribution in [0.1, 0.15) is 0 Å². The van der Waals surface area contributed by atoms with Crippen molar-refractivity contribution < 1.29 is 13.9 Å². The zero-order valence-corrected chi connectivity index (χ0v) is 10.5. The smallest absolute Gasteiger partial charge is 0.311 e. The SMILES string of the molecule is COc1cc(NCCS(C)=O)ccc1[N+](=O)[O-]. The van der Waals surface area contributed by atoms with E-state index in [9.17, 15) is 14.3 Å². The van der Waals surface area contributed by atoms with Crippen molar-refractivity contribution in [2.45, 2.75) is 0 Å². The van der Waals surface area contributed by atoms with Crippen LogP contribution in [0.2, 0.25) is 0 Å². The van der Waals surface area contributed by atoms with Gasteiger partial charge in [0.1, 0.15) is 0 Å². The first-order valence-corrected chi connectivity index (χ1v) is 6.63. The molecule has 7 heteroatoms. The molecule has 17 heavy (non-hydrogen) atoms. The standard InChI is InChI=1S/C10H14N2O4S/c1-16-10-7-8(11-5-6-17(2)15)3-4-9(10)12(13)14/h3-4,7,11H,5-6H2,1-2H3. The maximum absolute atomic E-state index is 10.9. The predicted octanol–water partition coefficient (Wildman–Crippen LogP) is 1.39. The van der Waals surface area contributed by atoms with E-state index in [0.717, 1.165) is 0 Å². The summed E-state index contributed by atoms with van der Waals surface area (Å²) in [5, 5.41) is 13.7. The fraction of sp³-hybridized carbons (Fsp3) is 0.400. The van der Waals surface area contributed by atoms with Gasteiger partial charge in [0.25, 0.3) is 0 Å². The molecule has 94 valence electrons. The van der Waals surface area contributed by atoms with Crippen molar-refractivity contribution in [1.82, 2.24) is 0 Å². The van der Waals surface area contributed by atoms with E-state index in [2.05, 4.69) is 5.32 Å². The van der Waals surface area contributed by atoms with E-state index >= 15 is 0 Å². The summed E-state index contributed by atoms with van der Waals surface area (Å²) in [5.74, 6) is 0.733. The van der Waals surface area contributed by atoms with Gasteiger partial charge in [-0.05, 0) is 6.07 Å². The minimum absolute atomic E-state index is 0.0721. The van der Waals surface area contributed by atoms with Gasteiger partial charge in [-0.2, -0.15) is 0 Å². The summed E-state index contributed by atoms with van der Waals surface area (Å²) >= 11 is 0. The third-order valence-electron chi connectivity index (χ3n) is 2.10. The highest BCUT2D eigenvalue weighted by Gasteiger charge is 2.14. The number of nitrogens with zero attached hydrogens (tertiary/aromatic N) is 1. The van der Waals surface area contributed by atoms with Crippen molar-refractivity contribution in [1.29, 1.82) is 0 Å². The molecule has 0 aliphatic rings. The molecule has 0 spiro atoms. The molecule has 0 amide bonds. The van der Waals surface area contributed by atoms with E-state index < -0.39 is 15.7 Å². The Labute approximate surface area is 102 Å². The second-order valence-corrected chi connectivity index (χ2v) is 4.90. The van der Waals surface area contributed by atoms with Crippen LogP contribution in [-0.2, 0) is 10.8 Å². The first kappa shape index (κ1) is 13.4. The largest absolute Gasteiger partial charge is 0.490 e. The number of nitrogens with one attached hydrogen (secondary N) is 1. The molecule has 1 rings (SSSR count). The van der Waals surface area contributed by atoms with Crippen LogP contribution in [0.5, 0.6) is 5.75 Å². The number of methoxy groups -OCH3 is 1. The van der Waals surface area contributed by atoms with Crippen LogP contribution >= 0.6 is 0 Å². The first-order valence-electron chi connectivity index (χ1n) is 4.91. The van der Waals surface area contributed by atoms with Crippen LogP contribution in [0, 0.1) is 10.1 Å². The summed E-state index contributed by atoms with van der Waals surface area (Å²) in [6.07, 6.45) is 1.62. The zero-order valence-electron chi connectivity index (χ0n) is 9.63. The lowest BCUT2D eigenvalue weighted by Crippen LogP contribution is -2.09. The summed E-state index contributed by atoms with van der Waals surface area (Å²) in [5.41, 5.74) is 0.634. The van der Waals surface area contributed by atoms with E-state index in [1.807, 2.05) is 0 Å². The second-order valence-electron chi connectivity index (χ2n) is 3.35. The molecule has 1 aromatic rings. The Bertz CT molecular complexity index is 436. The molecule has 0 bridgehead atoms. The highest BCUT2D eigenvalue weighted by molar-refractivity contribution is 7.84. The third-order valence-corrected chi connectivity index (χ3v) is 2.87. The summed E-state index contributed by atoms with van der Waals surface area (Å²) in [6, 6.07) is 4.53. The van der Waals surface area contributed by atoms with Crippen LogP contribution in [0.4, 0.5) is 11.4 Å². The van der Waals surface area contributed by atoms with E-state index in [1.165, 1.54) is 13.2 Å². The Kier molecular flexibility index (Phi) is 4.89. The first-order chi connectivity index (χ1) is 8.04. The van der Waals surface area contributed by atoms with Gasteiger partial charge in [-0.15, -0.1) is 0 Å². The van der Waals surface area contributed by atoms with Crippen LogP contribution < -0.4 is 10.1 Å². The van der Waals surface area contributed by atoms with Gasteiger partial charge in [-0.25, -0.2) is 0 Å². The number of anilines is 1. The molecule has 0 fully saturated rings. The van der Waals surface area contributed by atoms with Crippen molar-refractivity contribution in [2.75, 3.05) is 31.0 Å². The molecule has 6 nitrogen and oxygen atoms in total. The lowest BCUT2D eigenvalue weighted by Gasteiger charge is -2.07. The average molecular weight is 258 g/mol. The number of hydrogen-bond donors (Lipinski definition) is 1. The maximum Gasteiger partial charge on any atom is 0.311 e. The highest BCUT2D eigenvalue weighted by atomic mass is 32.2. The summed E-state index contributed by atoms with van der Waals surface area (Å²) in [7, 11) is 0.522. The van der Waals surface area contributed by atoms with E-state index in [-0.39, 0.29) is 11.4 Å². The van der Waals surface area contributed by atoms with Gasteiger partial charge in [0, 0.05) is 47.2 Å². The van der Waals surface area contributed by atoms with E-state index in [1.54, 1.807) is 18.4 Å². The van der Waals surface area contributed by atoms with Crippen molar-refractivity contribution in [3.05, 3.63) is 28.3 Å². The van der Waals surface area contributed by atoms with Crippen LogP contribution in [0.15, 0.2) is 18.2 Å². The van der Waals surface area contributed by atoms with Gasteiger partial charge in [0.2, 0.25) is 0 Å². The van der Waals surface area contributed by atoms with Crippen molar-refractivity contribution in [2.24, 2.45) is 0 Å². The third kappa shape index (κ3) is 4.03. The quantitative estimate of drug-likeness (QED) is 0.616. The Morgan fingerprint density at radius 3 is 2.76 bits per heavy atom. The summed E-state index contributed by atoms with van der Waals surface area (Å²) < 4.78 is 15.8. The monoisotopic (exact) mass is 258 g/mol. The van der Waals surface area contributed by atoms with Gasteiger partial charge >= 0.3 is 5.69 Å². The fourth-order valence-electron chi connectivity index (χ4n) is 1.28. The molecule has 0 radical (unpaired) electrons. The molecule has 1 aromatic carbocycles. The van der Waals surface area contributed by atoms with Gasteiger partial charge in [-0.3, -0.25) is 14.3 Å². The number of benzene rings is 1. The van der Waals surface area contributed by atoms with Gasteiger partial charge in [-0.1, -0.05) is 0 Å². The van der Waals surface area contributed by atoms with Crippen LogP contribution in [0.25, 0.3) is 0 Å². The minimum Gasteiger partial charge on any atom is -0.490 e. The number of hydrogen-bond acceptors (Lipinski definition) is 5. The number of rotatable bonds is 6. The Morgan fingerprint density at radius 2 is 2.24 bits per heavy atom. The number of nitro groups is 1. The van der Waals surface area contributed by atoms with Crippen LogP contribution in [-0.4, -0.2) is 34.8 Å². The van der Waals surface area contributed by atoms with Gasteiger partial charge in [0.15, 0.2) is 5.75 Å².